The van der Waals surface area contributed by atoms with Gasteiger partial charge in [-0.3, -0.25) is 4.79 Å². The van der Waals surface area contributed by atoms with Crippen molar-refractivity contribution in [3.05, 3.63) is 70.3 Å². The molecule has 1 atom stereocenters. The Morgan fingerprint density at radius 2 is 1.89 bits per heavy atom. The van der Waals surface area contributed by atoms with Crippen LogP contribution in [0.4, 0.5) is 13.2 Å². The Kier molecular flexibility index (Phi) is 5.56. The van der Waals surface area contributed by atoms with Gasteiger partial charge in [0.05, 0.1) is 24.6 Å². The summed E-state index contributed by atoms with van der Waals surface area (Å²) in [5.41, 5.74) is -1.78. The number of aromatic amines is 1. The predicted molar refractivity (Wildman–Crippen MR) is 124 cm³/mol. The summed E-state index contributed by atoms with van der Waals surface area (Å²) in [6, 6.07) is 12.7. The van der Waals surface area contributed by atoms with Crippen LogP contribution in [-0.2, 0) is 23.1 Å². The molecule has 0 fully saturated rings. The maximum absolute atomic E-state index is 14.0. The van der Waals surface area contributed by atoms with Gasteiger partial charge in [-0.05, 0) is 17.7 Å². The third-order valence-electron chi connectivity index (χ3n) is 5.36. The average Bonchev–Trinajstić information content (AvgIpc) is 3.41. The fourth-order valence-corrected chi connectivity index (χ4v) is 4.55. The van der Waals surface area contributed by atoms with Crippen molar-refractivity contribution >= 4 is 27.9 Å². The fraction of sp³-hybridized carbons (Fsp3) is 0.174. The molecule has 0 bridgehead atoms. The van der Waals surface area contributed by atoms with E-state index in [1.807, 2.05) is 0 Å². The van der Waals surface area contributed by atoms with Gasteiger partial charge in [0, 0.05) is 0 Å². The number of nitrogens with zero attached hydrogens (tertiary/aromatic N) is 3. The number of alkyl halides is 3. The standard InChI is InChI=1S/C23H17F3N4O4S/c1-33-14-9-6-10-15-18(14)28-21(34-15)17-13(11-35(2)32)27-20-16(12-7-4-3-5-8-12)19(23(24,25)26)29-30(20)22(17)31/h3-10,27H,11H2,1-2H3. The highest BCUT2D eigenvalue weighted by molar-refractivity contribution is 7.89. The first-order valence-corrected chi connectivity index (χ1v) is 12.0. The minimum Gasteiger partial charge on any atom is -0.616 e. The first-order chi connectivity index (χ1) is 16.7. The van der Waals surface area contributed by atoms with E-state index >= 15 is 0 Å². The molecule has 0 saturated carbocycles. The second-order valence-corrected chi connectivity index (χ2v) is 9.11. The van der Waals surface area contributed by atoms with E-state index in [4.69, 9.17) is 9.15 Å². The lowest BCUT2D eigenvalue weighted by Crippen LogP contribution is -2.22. The van der Waals surface area contributed by atoms with Gasteiger partial charge in [-0.2, -0.15) is 22.8 Å². The molecule has 1 N–H and O–H groups in total. The van der Waals surface area contributed by atoms with E-state index in [2.05, 4.69) is 15.1 Å². The number of ether oxygens (including phenoxy) is 1. The number of halogens is 3. The summed E-state index contributed by atoms with van der Waals surface area (Å²) in [7, 11) is 1.45. The molecule has 8 nitrogen and oxygen atoms in total. The van der Waals surface area contributed by atoms with Gasteiger partial charge in [-0.15, -0.1) is 0 Å². The van der Waals surface area contributed by atoms with Crippen molar-refractivity contribution < 1.29 is 26.9 Å². The van der Waals surface area contributed by atoms with Crippen LogP contribution in [-0.4, -0.2) is 37.5 Å². The normalized spacial score (nSPS) is 13.0. The number of methoxy groups -OCH3 is 1. The summed E-state index contributed by atoms with van der Waals surface area (Å²) >= 11 is -1.45. The smallest absolute Gasteiger partial charge is 0.435 e. The van der Waals surface area contributed by atoms with E-state index in [9.17, 15) is 22.5 Å². The Hall–Kier alpha value is -3.77. The highest BCUT2D eigenvalue weighted by Gasteiger charge is 2.40. The van der Waals surface area contributed by atoms with E-state index in [1.54, 1.807) is 36.4 Å². The highest BCUT2D eigenvalue weighted by atomic mass is 32.2. The first kappa shape index (κ1) is 23.0. The third-order valence-corrected chi connectivity index (χ3v) is 6.05. The predicted octanol–water partition coefficient (Wildman–Crippen LogP) is 4.40. The lowest BCUT2D eigenvalue weighted by molar-refractivity contribution is -0.140. The molecule has 3 heterocycles. The number of nitrogens with one attached hydrogen (secondary N) is 1. The van der Waals surface area contributed by atoms with E-state index < -0.39 is 28.6 Å². The summed E-state index contributed by atoms with van der Waals surface area (Å²) in [6.45, 7) is 0. The van der Waals surface area contributed by atoms with Gasteiger partial charge in [0.1, 0.15) is 22.7 Å². The molecule has 0 radical (unpaired) electrons. The quantitative estimate of drug-likeness (QED) is 0.357. The topological polar surface area (TPSA) is 108 Å². The molecule has 0 saturated heterocycles. The van der Waals surface area contributed by atoms with Crippen molar-refractivity contribution in [2.45, 2.75) is 11.9 Å². The molecule has 0 aliphatic heterocycles. The maximum atomic E-state index is 14.0. The number of hydrogen-bond acceptors (Lipinski definition) is 6. The molecule has 180 valence electrons. The SMILES string of the molecule is COc1cccc2oc(-c3c(C[S+](C)[O-])[nH]c4c(-c5ccccc5)c(C(F)(F)F)nn4c3=O)nc12. The summed E-state index contributed by atoms with van der Waals surface area (Å²) in [5.74, 6) is 0.0800. The lowest BCUT2D eigenvalue weighted by atomic mass is 10.1. The Morgan fingerprint density at radius 3 is 2.54 bits per heavy atom. The highest BCUT2D eigenvalue weighted by Crippen LogP contribution is 2.39. The molecule has 1 unspecified atom stereocenters. The molecule has 0 amide bonds. The summed E-state index contributed by atoms with van der Waals surface area (Å²) < 4.78 is 65.8. The van der Waals surface area contributed by atoms with Gasteiger partial charge in [0.15, 0.2) is 16.8 Å². The minimum atomic E-state index is -4.84. The molecule has 2 aromatic carbocycles. The number of oxazole rings is 1. The van der Waals surface area contributed by atoms with Crippen LogP contribution < -0.4 is 10.3 Å². The van der Waals surface area contributed by atoms with Crippen molar-refractivity contribution in [3.8, 4) is 28.3 Å². The molecule has 5 rings (SSSR count). The first-order valence-electron chi connectivity index (χ1n) is 10.2. The van der Waals surface area contributed by atoms with Crippen LogP contribution in [0.25, 0.3) is 39.3 Å². The number of rotatable bonds is 5. The van der Waals surface area contributed by atoms with Crippen LogP contribution in [0.1, 0.15) is 11.4 Å². The largest absolute Gasteiger partial charge is 0.616 e. The summed E-state index contributed by atoms with van der Waals surface area (Å²) in [5, 5.41) is 3.63. The molecule has 35 heavy (non-hydrogen) atoms. The Morgan fingerprint density at radius 1 is 1.14 bits per heavy atom. The van der Waals surface area contributed by atoms with Crippen LogP contribution in [0.3, 0.4) is 0 Å². The van der Waals surface area contributed by atoms with Crippen LogP contribution >= 0.6 is 0 Å². The average molecular weight is 502 g/mol. The zero-order valence-electron chi connectivity index (χ0n) is 18.3. The molecule has 12 heteroatoms. The summed E-state index contributed by atoms with van der Waals surface area (Å²) in [4.78, 5) is 20.8. The number of aromatic nitrogens is 4. The zero-order valence-corrected chi connectivity index (χ0v) is 19.2. The van der Waals surface area contributed by atoms with Gasteiger partial charge in [-0.1, -0.05) is 47.6 Å². The van der Waals surface area contributed by atoms with Gasteiger partial charge in [0.25, 0.3) is 5.56 Å². The fourth-order valence-electron chi connectivity index (χ4n) is 3.92. The van der Waals surface area contributed by atoms with Crippen LogP contribution in [0.15, 0.2) is 57.7 Å². The van der Waals surface area contributed by atoms with Gasteiger partial charge in [0.2, 0.25) is 5.89 Å². The van der Waals surface area contributed by atoms with Gasteiger partial charge < -0.3 is 18.7 Å². The van der Waals surface area contributed by atoms with Crippen molar-refractivity contribution in [2.24, 2.45) is 0 Å². The monoisotopic (exact) mass is 502 g/mol. The second-order valence-electron chi connectivity index (χ2n) is 7.68. The Balaban J connectivity index is 1.87. The van der Waals surface area contributed by atoms with Crippen LogP contribution in [0, 0.1) is 0 Å². The molecule has 5 aromatic rings. The van der Waals surface area contributed by atoms with E-state index in [-0.39, 0.29) is 39.7 Å². The van der Waals surface area contributed by atoms with Crippen LogP contribution in [0.5, 0.6) is 5.75 Å². The molecular weight excluding hydrogens is 485 g/mol. The third kappa shape index (κ3) is 3.94. The van der Waals surface area contributed by atoms with Crippen molar-refractivity contribution in [3.63, 3.8) is 0 Å². The van der Waals surface area contributed by atoms with Gasteiger partial charge in [-0.25, -0.2) is 4.98 Å². The van der Waals surface area contributed by atoms with Crippen molar-refractivity contribution in [1.29, 1.82) is 0 Å². The zero-order chi connectivity index (χ0) is 24.9. The van der Waals surface area contributed by atoms with E-state index in [0.717, 1.165) is 0 Å². The molecule has 0 spiro atoms. The van der Waals surface area contributed by atoms with Gasteiger partial charge >= 0.3 is 6.18 Å². The van der Waals surface area contributed by atoms with Crippen molar-refractivity contribution in [2.75, 3.05) is 13.4 Å². The Bertz CT molecular complexity index is 1610. The Labute approximate surface area is 198 Å². The summed E-state index contributed by atoms with van der Waals surface area (Å²) in [6.07, 6.45) is -3.42. The molecule has 0 aliphatic carbocycles. The number of benzene rings is 2. The van der Waals surface area contributed by atoms with Crippen molar-refractivity contribution in [1.82, 2.24) is 19.6 Å². The second kappa shape index (κ2) is 8.47. The number of para-hydroxylation sites is 1. The minimum absolute atomic E-state index is 0.111. The van der Waals surface area contributed by atoms with Crippen LogP contribution in [0.2, 0.25) is 0 Å². The number of hydrogen-bond donors (Lipinski definition) is 1. The lowest BCUT2D eigenvalue weighted by Gasteiger charge is -2.10. The number of H-pyrrole nitrogens is 1. The maximum Gasteiger partial charge on any atom is 0.435 e. The number of fused-ring (bicyclic) bond motifs is 2. The van der Waals surface area contributed by atoms with E-state index in [1.165, 1.54) is 25.5 Å². The molecule has 3 aromatic heterocycles. The molecule has 0 aliphatic rings. The molecular formula is C23H17F3N4O4S. The van der Waals surface area contributed by atoms with E-state index in [0.29, 0.717) is 21.4 Å².